The SMILES string of the molecule is CN(C)CCCc1ccc2c(c1)N(C(=O)c1ccc(-c3ccccc3)cc1)CCCC2. The maximum Gasteiger partial charge on any atom is 0.258 e. The number of nitrogens with zero attached hydrogens (tertiary/aromatic N) is 2. The van der Waals surface area contributed by atoms with Crippen LogP contribution in [0.25, 0.3) is 11.1 Å². The summed E-state index contributed by atoms with van der Waals surface area (Å²) in [6.07, 6.45) is 5.38. The van der Waals surface area contributed by atoms with E-state index in [9.17, 15) is 4.79 Å². The van der Waals surface area contributed by atoms with E-state index in [0.29, 0.717) is 0 Å². The second-order valence-corrected chi connectivity index (χ2v) is 8.73. The Hall–Kier alpha value is -2.91. The van der Waals surface area contributed by atoms with Gasteiger partial charge in [0.2, 0.25) is 0 Å². The molecule has 0 N–H and O–H groups in total. The Morgan fingerprint density at radius 3 is 2.39 bits per heavy atom. The summed E-state index contributed by atoms with van der Waals surface area (Å²) < 4.78 is 0. The number of carbonyl (C=O) groups excluding carboxylic acids is 1. The number of amides is 1. The van der Waals surface area contributed by atoms with Gasteiger partial charge in [0.1, 0.15) is 0 Å². The quantitative estimate of drug-likeness (QED) is 0.508. The van der Waals surface area contributed by atoms with Crippen molar-refractivity contribution in [3.63, 3.8) is 0 Å². The molecule has 0 aromatic heterocycles. The Kier molecular flexibility index (Phi) is 6.83. The lowest BCUT2D eigenvalue weighted by molar-refractivity contribution is 0.0987. The highest BCUT2D eigenvalue weighted by molar-refractivity contribution is 6.06. The molecule has 3 nitrogen and oxygen atoms in total. The Morgan fingerprint density at radius 2 is 1.65 bits per heavy atom. The summed E-state index contributed by atoms with van der Waals surface area (Å²) in [5, 5.41) is 0. The first-order chi connectivity index (χ1) is 15.1. The summed E-state index contributed by atoms with van der Waals surface area (Å²) in [6.45, 7) is 1.86. The number of benzene rings is 3. The van der Waals surface area contributed by atoms with Gasteiger partial charge in [-0.25, -0.2) is 0 Å². The van der Waals surface area contributed by atoms with E-state index in [2.05, 4.69) is 61.5 Å². The lowest BCUT2D eigenvalue weighted by Gasteiger charge is -2.24. The van der Waals surface area contributed by atoms with Crippen molar-refractivity contribution in [2.75, 3.05) is 32.1 Å². The van der Waals surface area contributed by atoms with E-state index in [1.807, 2.05) is 35.2 Å². The summed E-state index contributed by atoms with van der Waals surface area (Å²) in [7, 11) is 4.22. The van der Waals surface area contributed by atoms with Crippen LogP contribution in [0.2, 0.25) is 0 Å². The average Bonchev–Trinajstić information content (AvgIpc) is 3.01. The van der Waals surface area contributed by atoms with E-state index >= 15 is 0 Å². The van der Waals surface area contributed by atoms with Crippen molar-refractivity contribution in [3.8, 4) is 11.1 Å². The molecule has 0 fully saturated rings. The largest absolute Gasteiger partial charge is 0.309 e. The molecule has 0 saturated heterocycles. The summed E-state index contributed by atoms with van der Waals surface area (Å²) in [6, 6.07) is 25.1. The Morgan fingerprint density at radius 1 is 0.903 bits per heavy atom. The number of anilines is 1. The van der Waals surface area contributed by atoms with E-state index in [-0.39, 0.29) is 5.91 Å². The molecule has 0 bridgehead atoms. The van der Waals surface area contributed by atoms with Crippen LogP contribution in [0, 0.1) is 0 Å². The zero-order chi connectivity index (χ0) is 21.6. The van der Waals surface area contributed by atoms with Gasteiger partial charge in [0.05, 0.1) is 0 Å². The van der Waals surface area contributed by atoms with Crippen molar-refractivity contribution in [2.45, 2.75) is 32.1 Å². The van der Waals surface area contributed by atoms with Crippen LogP contribution in [0.4, 0.5) is 5.69 Å². The molecule has 0 atom stereocenters. The van der Waals surface area contributed by atoms with Gasteiger partial charge in [-0.15, -0.1) is 0 Å². The molecule has 4 rings (SSSR count). The molecule has 0 saturated carbocycles. The molecule has 0 radical (unpaired) electrons. The molecule has 0 spiro atoms. The van der Waals surface area contributed by atoms with Crippen LogP contribution < -0.4 is 4.90 Å². The highest BCUT2D eigenvalue weighted by Gasteiger charge is 2.22. The molecular formula is C28H32N2O. The lowest BCUT2D eigenvalue weighted by Crippen LogP contribution is -2.31. The number of hydrogen-bond donors (Lipinski definition) is 0. The van der Waals surface area contributed by atoms with Crippen LogP contribution in [-0.4, -0.2) is 38.0 Å². The Bertz CT molecular complexity index is 1010. The number of aryl methyl sites for hydroxylation is 2. The predicted octanol–water partition coefficient (Wildman–Crippen LogP) is 5.83. The smallest absolute Gasteiger partial charge is 0.258 e. The van der Waals surface area contributed by atoms with Crippen molar-refractivity contribution in [1.29, 1.82) is 0 Å². The van der Waals surface area contributed by atoms with Gasteiger partial charge in [-0.1, -0.05) is 54.6 Å². The fourth-order valence-corrected chi connectivity index (χ4v) is 4.34. The van der Waals surface area contributed by atoms with Gasteiger partial charge >= 0.3 is 0 Å². The average molecular weight is 413 g/mol. The Labute approximate surface area is 186 Å². The molecule has 0 unspecified atom stereocenters. The fourth-order valence-electron chi connectivity index (χ4n) is 4.34. The first-order valence-corrected chi connectivity index (χ1v) is 11.4. The van der Waals surface area contributed by atoms with Crippen molar-refractivity contribution < 1.29 is 4.79 Å². The maximum absolute atomic E-state index is 13.5. The first-order valence-electron chi connectivity index (χ1n) is 11.4. The third-order valence-corrected chi connectivity index (χ3v) is 6.07. The van der Waals surface area contributed by atoms with Crippen LogP contribution in [-0.2, 0) is 12.8 Å². The highest BCUT2D eigenvalue weighted by Crippen LogP contribution is 2.30. The van der Waals surface area contributed by atoms with Gasteiger partial charge < -0.3 is 9.80 Å². The van der Waals surface area contributed by atoms with Crippen molar-refractivity contribution in [2.24, 2.45) is 0 Å². The minimum Gasteiger partial charge on any atom is -0.309 e. The number of rotatable bonds is 6. The molecule has 1 aliphatic rings. The van der Waals surface area contributed by atoms with Gasteiger partial charge in [-0.3, -0.25) is 4.79 Å². The van der Waals surface area contributed by atoms with Gasteiger partial charge in [0.25, 0.3) is 5.91 Å². The summed E-state index contributed by atoms with van der Waals surface area (Å²) in [5.74, 6) is 0.105. The van der Waals surface area contributed by atoms with Crippen molar-refractivity contribution in [1.82, 2.24) is 4.90 Å². The van der Waals surface area contributed by atoms with E-state index in [4.69, 9.17) is 0 Å². The minimum atomic E-state index is 0.105. The van der Waals surface area contributed by atoms with Crippen molar-refractivity contribution in [3.05, 3.63) is 89.5 Å². The topological polar surface area (TPSA) is 23.6 Å². The maximum atomic E-state index is 13.5. The third kappa shape index (κ3) is 5.23. The van der Waals surface area contributed by atoms with Crippen LogP contribution in [0.15, 0.2) is 72.8 Å². The molecule has 3 aromatic rings. The van der Waals surface area contributed by atoms with E-state index in [1.165, 1.54) is 16.7 Å². The van der Waals surface area contributed by atoms with Gasteiger partial charge in [-0.2, -0.15) is 0 Å². The zero-order valence-electron chi connectivity index (χ0n) is 18.7. The van der Waals surface area contributed by atoms with Gasteiger partial charge in [-0.05, 0) is 93.2 Å². The first kappa shape index (κ1) is 21.3. The molecule has 160 valence electrons. The molecule has 3 aromatic carbocycles. The summed E-state index contributed by atoms with van der Waals surface area (Å²) >= 11 is 0. The summed E-state index contributed by atoms with van der Waals surface area (Å²) in [4.78, 5) is 17.7. The molecule has 1 aliphatic heterocycles. The van der Waals surface area contributed by atoms with Crippen LogP contribution >= 0.6 is 0 Å². The Balaban J connectivity index is 1.57. The highest BCUT2D eigenvalue weighted by atomic mass is 16.2. The van der Waals surface area contributed by atoms with Crippen LogP contribution in [0.5, 0.6) is 0 Å². The van der Waals surface area contributed by atoms with Gasteiger partial charge in [0.15, 0.2) is 0 Å². The number of hydrogen-bond acceptors (Lipinski definition) is 2. The van der Waals surface area contributed by atoms with Crippen LogP contribution in [0.1, 0.15) is 40.7 Å². The monoisotopic (exact) mass is 412 g/mol. The van der Waals surface area contributed by atoms with Gasteiger partial charge in [0, 0.05) is 17.8 Å². The molecular weight excluding hydrogens is 380 g/mol. The fraction of sp³-hybridized carbons (Fsp3) is 0.321. The molecule has 3 heteroatoms. The number of carbonyl (C=O) groups is 1. The standard InChI is InChI=1S/C28H32N2O/c1-29(2)19-8-9-22-13-14-25-12-6-7-20-30(27(25)21-22)28(31)26-17-15-24(16-18-26)23-10-4-3-5-11-23/h3-5,10-11,13-18,21H,6-9,12,19-20H2,1-2H3. The molecule has 31 heavy (non-hydrogen) atoms. The second kappa shape index (κ2) is 9.93. The number of fused-ring (bicyclic) bond motifs is 1. The normalized spacial score (nSPS) is 13.7. The lowest BCUT2D eigenvalue weighted by atomic mass is 10.0. The predicted molar refractivity (Wildman–Crippen MR) is 130 cm³/mol. The second-order valence-electron chi connectivity index (χ2n) is 8.73. The summed E-state index contributed by atoms with van der Waals surface area (Å²) in [5.41, 5.74) is 6.78. The zero-order valence-corrected chi connectivity index (χ0v) is 18.7. The molecule has 1 heterocycles. The van der Waals surface area contributed by atoms with E-state index < -0.39 is 0 Å². The van der Waals surface area contributed by atoms with Crippen molar-refractivity contribution >= 4 is 11.6 Å². The molecule has 1 amide bonds. The van der Waals surface area contributed by atoms with E-state index in [1.54, 1.807) is 0 Å². The third-order valence-electron chi connectivity index (χ3n) is 6.07. The van der Waals surface area contributed by atoms with E-state index in [0.717, 1.165) is 62.0 Å². The molecule has 0 aliphatic carbocycles. The van der Waals surface area contributed by atoms with Crippen LogP contribution in [0.3, 0.4) is 0 Å². The minimum absolute atomic E-state index is 0.105.